The highest BCUT2D eigenvalue weighted by molar-refractivity contribution is 5.35. The molecule has 3 nitrogen and oxygen atoms in total. The van der Waals surface area contributed by atoms with E-state index >= 15 is 0 Å². The van der Waals surface area contributed by atoms with Crippen LogP contribution in [0.4, 0.5) is 0 Å². The first-order chi connectivity index (χ1) is 9.08. The summed E-state index contributed by atoms with van der Waals surface area (Å²) < 4.78 is 6.19. The quantitative estimate of drug-likeness (QED) is 0.907. The number of hydrogen-bond donors (Lipinski definition) is 1. The van der Waals surface area contributed by atoms with Gasteiger partial charge in [-0.3, -0.25) is 0 Å². The number of hydrogen-bond acceptors (Lipinski definition) is 3. The van der Waals surface area contributed by atoms with Gasteiger partial charge in [0.05, 0.1) is 6.10 Å². The largest absolute Gasteiger partial charge is 0.490 e. The predicted octanol–water partition coefficient (Wildman–Crippen LogP) is 2.82. The Kier molecular flexibility index (Phi) is 4.83. The highest BCUT2D eigenvalue weighted by Gasteiger charge is 2.24. The standard InChI is InChI=1S/C16H26N2O/c1-12(17)15-8-4-5-9-16(15)19-13(2)14-7-6-10-18(3)11-14/h4-5,8-9,12-14H,6-7,10-11,17H2,1-3H3. The predicted molar refractivity (Wildman–Crippen MR) is 79.4 cm³/mol. The van der Waals surface area contributed by atoms with Crippen LogP contribution in [-0.2, 0) is 0 Å². The minimum absolute atomic E-state index is 0.0115. The van der Waals surface area contributed by atoms with Crippen molar-refractivity contribution in [3.63, 3.8) is 0 Å². The summed E-state index contributed by atoms with van der Waals surface area (Å²) in [4.78, 5) is 2.39. The Labute approximate surface area is 116 Å². The molecule has 1 aliphatic rings. The number of nitrogens with two attached hydrogens (primary N) is 1. The van der Waals surface area contributed by atoms with Gasteiger partial charge in [-0.15, -0.1) is 0 Å². The Hall–Kier alpha value is -1.06. The summed E-state index contributed by atoms with van der Waals surface area (Å²) in [5.41, 5.74) is 7.10. The maximum absolute atomic E-state index is 6.19. The molecule has 1 heterocycles. The Bertz CT molecular complexity index is 405. The lowest BCUT2D eigenvalue weighted by Crippen LogP contribution is -2.39. The number of ether oxygens (including phenoxy) is 1. The molecule has 1 aromatic rings. The fraction of sp³-hybridized carbons (Fsp3) is 0.625. The van der Waals surface area contributed by atoms with E-state index in [9.17, 15) is 0 Å². The summed E-state index contributed by atoms with van der Waals surface area (Å²) in [6, 6.07) is 8.13. The SMILES string of the molecule is CC(N)c1ccccc1OC(C)C1CCCN(C)C1. The number of benzene rings is 1. The zero-order chi connectivity index (χ0) is 13.8. The van der Waals surface area contributed by atoms with Crippen molar-refractivity contribution in [1.29, 1.82) is 0 Å². The molecule has 0 saturated carbocycles. The average Bonchev–Trinajstić information content (AvgIpc) is 2.39. The smallest absolute Gasteiger partial charge is 0.124 e. The highest BCUT2D eigenvalue weighted by Crippen LogP contribution is 2.27. The van der Waals surface area contributed by atoms with Crippen molar-refractivity contribution in [3.05, 3.63) is 29.8 Å². The fourth-order valence-corrected chi connectivity index (χ4v) is 2.85. The molecule has 19 heavy (non-hydrogen) atoms. The Balaban J connectivity index is 2.04. The first kappa shape index (κ1) is 14.4. The molecule has 0 spiro atoms. The van der Waals surface area contributed by atoms with Crippen LogP contribution in [0.15, 0.2) is 24.3 Å². The Morgan fingerprint density at radius 2 is 2.05 bits per heavy atom. The third kappa shape index (κ3) is 3.71. The van der Waals surface area contributed by atoms with E-state index in [1.807, 2.05) is 25.1 Å². The second kappa shape index (κ2) is 6.40. The lowest BCUT2D eigenvalue weighted by atomic mass is 9.93. The van der Waals surface area contributed by atoms with Crippen LogP contribution < -0.4 is 10.5 Å². The molecule has 0 radical (unpaired) electrons. The molecule has 3 atom stereocenters. The van der Waals surface area contributed by atoms with E-state index in [1.165, 1.54) is 19.4 Å². The van der Waals surface area contributed by atoms with Gasteiger partial charge in [0, 0.05) is 24.1 Å². The molecular formula is C16H26N2O. The van der Waals surface area contributed by atoms with Crippen LogP contribution in [0, 0.1) is 5.92 Å². The third-order valence-electron chi connectivity index (χ3n) is 4.05. The van der Waals surface area contributed by atoms with E-state index in [-0.39, 0.29) is 12.1 Å². The second-order valence-corrected chi connectivity index (χ2v) is 5.81. The van der Waals surface area contributed by atoms with Crippen molar-refractivity contribution in [1.82, 2.24) is 4.90 Å². The maximum atomic E-state index is 6.19. The molecule has 0 aromatic heterocycles. The van der Waals surface area contributed by atoms with Crippen molar-refractivity contribution in [3.8, 4) is 5.75 Å². The van der Waals surface area contributed by atoms with E-state index < -0.39 is 0 Å². The van der Waals surface area contributed by atoms with E-state index in [2.05, 4.69) is 24.9 Å². The number of rotatable bonds is 4. The van der Waals surface area contributed by atoms with Crippen LogP contribution in [0.2, 0.25) is 0 Å². The molecule has 106 valence electrons. The van der Waals surface area contributed by atoms with Gasteiger partial charge in [-0.25, -0.2) is 0 Å². The topological polar surface area (TPSA) is 38.5 Å². The lowest BCUT2D eigenvalue weighted by Gasteiger charge is -2.34. The normalized spacial score (nSPS) is 23.9. The van der Waals surface area contributed by atoms with Gasteiger partial charge < -0.3 is 15.4 Å². The number of para-hydroxylation sites is 1. The molecular weight excluding hydrogens is 236 g/mol. The van der Waals surface area contributed by atoms with Gasteiger partial charge in [-0.1, -0.05) is 18.2 Å². The molecule has 2 N–H and O–H groups in total. The van der Waals surface area contributed by atoms with Gasteiger partial charge in [0.15, 0.2) is 0 Å². The molecule has 3 heteroatoms. The van der Waals surface area contributed by atoms with Crippen molar-refractivity contribution < 1.29 is 4.74 Å². The molecule has 2 rings (SSSR count). The van der Waals surface area contributed by atoms with Crippen LogP contribution in [0.5, 0.6) is 5.75 Å². The van der Waals surface area contributed by atoms with Gasteiger partial charge in [0.2, 0.25) is 0 Å². The van der Waals surface area contributed by atoms with E-state index in [4.69, 9.17) is 10.5 Å². The van der Waals surface area contributed by atoms with Crippen molar-refractivity contribution in [2.24, 2.45) is 11.7 Å². The van der Waals surface area contributed by atoms with Gasteiger partial charge >= 0.3 is 0 Å². The molecule has 0 aliphatic carbocycles. The Morgan fingerprint density at radius 3 is 2.74 bits per heavy atom. The van der Waals surface area contributed by atoms with E-state index in [0.29, 0.717) is 5.92 Å². The third-order valence-corrected chi connectivity index (χ3v) is 4.05. The average molecular weight is 262 g/mol. The summed E-state index contributed by atoms with van der Waals surface area (Å²) >= 11 is 0. The van der Waals surface area contributed by atoms with Crippen molar-refractivity contribution in [2.45, 2.75) is 38.8 Å². The molecule has 3 unspecified atom stereocenters. The minimum Gasteiger partial charge on any atom is -0.490 e. The van der Waals surface area contributed by atoms with Gasteiger partial charge in [0.25, 0.3) is 0 Å². The van der Waals surface area contributed by atoms with Crippen molar-refractivity contribution in [2.75, 3.05) is 20.1 Å². The van der Waals surface area contributed by atoms with Crippen LogP contribution in [0.3, 0.4) is 0 Å². The molecule has 1 aliphatic heterocycles. The molecule has 1 saturated heterocycles. The van der Waals surface area contributed by atoms with Gasteiger partial charge in [0.1, 0.15) is 5.75 Å². The Morgan fingerprint density at radius 1 is 1.32 bits per heavy atom. The first-order valence-electron chi connectivity index (χ1n) is 7.27. The summed E-state index contributed by atoms with van der Waals surface area (Å²) in [6.07, 6.45) is 2.76. The molecule has 1 aromatic carbocycles. The zero-order valence-electron chi connectivity index (χ0n) is 12.3. The number of nitrogens with zero attached hydrogens (tertiary/aromatic N) is 1. The van der Waals surface area contributed by atoms with Crippen LogP contribution in [0.1, 0.15) is 38.3 Å². The minimum atomic E-state index is 0.0115. The molecule has 0 bridgehead atoms. The number of piperidine rings is 1. The molecule has 1 fully saturated rings. The van der Waals surface area contributed by atoms with E-state index in [0.717, 1.165) is 17.9 Å². The van der Waals surface area contributed by atoms with Crippen LogP contribution >= 0.6 is 0 Å². The highest BCUT2D eigenvalue weighted by atomic mass is 16.5. The first-order valence-corrected chi connectivity index (χ1v) is 7.27. The second-order valence-electron chi connectivity index (χ2n) is 5.81. The summed E-state index contributed by atoms with van der Waals surface area (Å²) in [5.74, 6) is 1.55. The zero-order valence-corrected chi connectivity index (χ0v) is 12.3. The maximum Gasteiger partial charge on any atom is 0.124 e. The van der Waals surface area contributed by atoms with Crippen molar-refractivity contribution >= 4 is 0 Å². The van der Waals surface area contributed by atoms with Crippen LogP contribution in [0.25, 0.3) is 0 Å². The summed E-state index contributed by atoms with van der Waals surface area (Å²) in [7, 11) is 2.19. The van der Waals surface area contributed by atoms with Gasteiger partial charge in [-0.05, 0) is 46.3 Å². The summed E-state index contributed by atoms with van der Waals surface area (Å²) in [6.45, 7) is 6.52. The van der Waals surface area contributed by atoms with E-state index in [1.54, 1.807) is 0 Å². The van der Waals surface area contributed by atoms with Gasteiger partial charge in [-0.2, -0.15) is 0 Å². The number of likely N-dealkylation sites (tertiary alicyclic amines) is 1. The molecule has 0 amide bonds. The van der Waals surface area contributed by atoms with Crippen LogP contribution in [-0.4, -0.2) is 31.1 Å². The lowest BCUT2D eigenvalue weighted by molar-refractivity contribution is 0.0891. The summed E-state index contributed by atoms with van der Waals surface area (Å²) in [5, 5.41) is 0. The monoisotopic (exact) mass is 262 g/mol. The fourth-order valence-electron chi connectivity index (χ4n) is 2.85.